The summed E-state index contributed by atoms with van der Waals surface area (Å²) in [6.45, 7) is 10.7. The molecule has 0 fully saturated rings. The Balaban J connectivity index is 1.64. The van der Waals surface area contributed by atoms with Crippen LogP contribution in [-0.2, 0) is 16.1 Å². The number of anilines is 2. The van der Waals surface area contributed by atoms with Crippen molar-refractivity contribution in [3.8, 4) is 0 Å². The van der Waals surface area contributed by atoms with E-state index in [0.717, 1.165) is 35.6 Å². The van der Waals surface area contributed by atoms with Crippen molar-refractivity contribution in [2.45, 2.75) is 33.2 Å². The van der Waals surface area contributed by atoms with Gasteiger partial charge in [-0.25, -0.2) is 9.98 Å². The molecule has 0 unspecified atom stereocenters. The summed E-state index contributed by atoms with van der Waals surface area (Å²) < 4.78 is 4.80. The number of aromatic nitrogens is 2. The number of ether oxygens (including phenoxy) is 1. The second-order valence-electron chi connectivity index (χ2n) is 8.81. The molecule has 0 atom stereocenters. The highest BCUT2D eigenvalue weighted by Crippen LogP contribution is 2.36. The summed E-state index contributed by atoms with van der Waals surface area (Å²) in [5.74, 6) is 0.311. The summed E-state index contributed by atoms with van der Waals surface area (Å²) in [6, 6.07) is 14.4. The molecular weight excluding hydrogens is 442 g/mol. The predicted octanol–water partition coefficient (Wildman–Crippen LogP) is 2.66. The largest absolute Gasteiger partial charge is 0.469 e. The van der Waals surface area contributed by atoms with Gasteiger partial charge in [-0.3, -0.25) is 14.5 Å². The number of aryl methyl sites for hydroxylation is 2. The fraction of sp³-hybridized carbons (Fsp3) is 0.333. The maximum Gasteiger partial charge on any atom is 0.305 e. The summed E-state index contributed by atoms with van der Waals surface area (Å²) in [5.41, 5.74) is 5.14. The second kappa shape index (κ2) is 10.7. The first kappa shape index (κ1) is 24.3. The van der Waals surface area contributed by atoms with Crippen LogP contribution in [0.2, 0.25) is 0 Å². The number of fused-ring (bicyclic) bond motifs is 2. The van der Waals surface area contributed by atoms with Gasteiger partial charge in [0.25, 0.3) is 5.56 Å². The lowest BCUT2D eigenvalue weighted by atomic mass is 10.1. The number of H-pyrrole nitrogens is 1. The number of methoxy groups -OCH3 is 1. The minimum atomic E-state index is -0.298. The molecule has 1 aromatic heterocycles. The van der Waals surface area contributed by atoms with Gasteiger partial charge in [-0.15, -0.1) is 0 Å². The molecule has 2 heterocycles. The molecular formula is C27H31N5O3. The van der Waals surface area contributed by atoms with Crippen LogP contribution in [0, 0.1) is 13.8 Å². The van der Waals surface area contributed by atoms with E-state index in [4.69, 9.17) is 4.74 Å². The van der Waals surface area contributed by atoms with E-state index >= 15 is 0 Å². The van der Waals surface area contributed by atoms with Crippen molar-refractivity contribution in [2.24, 2.45) is 4.99 Å². The molecule has 0 aliphatic carbocycles. The third kappa shape index (κ3) is 5.66. The number of esters is 1. The lowest BCUT2D eigenvalue weighted by molar-refractivity contribution is -0.140. The van der Waals surface area contributed by atoms with Crippen LogP contribution in [0.4, 0.5) is 17.2 Å². The van der Waals surface area contributed by atoms with Gasteiger partial charge in [0.2, 0.25) is 0 Å². The quantitative estimate of drug-likeness (QED) is 0.481. The third-order valence-electron chi connectivity index (χ3n) is 6.27. The van der Waals surface area contributed by atoms with Gasteiger partial charge in [-0.2, -0.15) is 0 Å². The van der Waals surface area contributed by atoms with E-state index in [1.165, 1.54) is 12.7 Å². The van der Waals surface area contributed by atoms with Crippen molar-refractivity contribution in [3.63, 3.8) is 0 Å². The summed E-state index contributed by atoms with van der Waals surface area (Å²) in [6.07, 6.45) is 1.07. The molecule has 1 N–H and O–H groups in total. The monoisotopic (exact) mass is 473 g/mol. The van der Waals surface area contributed by atoms with Crippen LogP contribution < -0.4 is 21.3 Å². The number of carbonyl (C=O) groups excluding carboxylic acids is 1. The number of carbonyl (C=O) groups is 1. The van der Waals surface area contributed by atoms with Crippen LogP contribution in [0.25, 0.3) is 6.58 Å². The molecule has 4 rings (SSSR count). The fourth-order valence-electron chi connectivity index (χ4n) is 4.24. The van der Waals surface area contributed by atoms with Gasteiger partial charge in [0, 0.05) is 26.1 Å². The van der Waals surface area contributed by atoms with Crippen molar-refractivity contribution in [1.82, 2.24) is 14.9 Å². The van der Waals surface area contributed by atoms with Gasteiger partial charge in [-0.1, -0.05) is 36.9 Å². The molecule has 0 amide bonds. The highest BCUT2D eigenvalue weighted by Gasteiger charge is 2.24. The maximum atomic E-state index is 12.7. The van der Waals surface area contributed by atoms with E-state index in [1.54, 1.807) is 0 Å². The van der Waals surface area contributed by atoms with Crippen molar-refractivity contribution in [1.29, 1.82) is 0 Å². The lowest BCUT2D eigenvalue weighted by Crippen LogP contribution is -2.44. The van der Waals surface area contributed by atoms with E-state index in [2.05, 4.69) is 56.5 Å². The molecule has 2 aromatic carbocycles. The number of rotatable bonds is 9. The molecule has 0 spiro atoms. The highest BCUT2D eigenvalue weighted by atomic mass is 16.5. The average Bonchev–Trinajstić information content (AvgIpc) is 2.83. The Hall–Kier alpha value is -3.78. The standard InChI is InChI=1S/C27H31N5O3/c1-18-15-22-23(16-19(18)2)32(26-25(30-22)27(34)29-20(3)28-26)14-13-31(12-8-11-24(33)35-4)17-21-9-6-5-7-10-21/h5-7,9-10,15-16H,3,8,11-14,17H2,1-2,4H3,(H,29,34). The fourth-order valence-corrected chi connectivity index (χ4v) is 4.24. The van der Waals surface area contributed by atoms with Crippen LogP contribution >= 0.6 is 0 Å². The van der Waals surface area contributed by atoms with Crippen LogP contribution in [-0.4, -0.2) is 47.6 Å². The van der Waals surface area contributed by atoms with E-state index in [0.29, 0.717) is 42.6 Å². The van der Waals surface area contributed by atoms with Crippen molar-refractivity contribution >= 4 is 29.7 Å². The summed E-state index contributed by atoms with van der Waals surface area (Å²) in [5, 5.41) is 0.299. The maximum absolute atomic E-state index is 12.7. The zero-order valence-electron chi connectivity index (χ0n) is 20.5. The van der Waals surface area contributed by atoms with Gasteiger partial charge in [0.05, 0.1) is 18.5 Å². The number of nitrogens with one attached hydrogen (secondary N) is 1. The van der Waals surface area contributed by atoms with Gasteiger partial charge in [-0.05, 0) is 55.6 Å². The Morgan fingerprint density at radius 2 is 1.89 bits per heavy atom. The van der Waals surface area contributed by atoms with Gasteiger partial charge >= 0.3 is 5.97 Å². The van der Waals surface area contributed by atoms with E-state index in [9.17, 15) is 9.59 Å². The number of hydrogen-bond acceptors (Lipinski definition) is 7. The Labute approximate surface area is 204 Å². The molecule has 8 heteroatoms. The van der Waals surface area contributed by atoms with Crippen molar-refractivity contribution in [3.05, 3.63) is 80.3 Å². The molecule has 3 aromatic rings. The first-order valence-corrected chi connectivity index (χ1v) is 11.8. The summed E-state index contributed by atoms with van der Waals surface area (Å²) >= 11 is 0. The van der Waals surface area contributed by atoms with E-state index < -0.39 is 0 Å². The first-order valence-electron chi connectivity index (χ1n) is 11.8. The number of aromatic amines is 1. The Bertz CT molecular complexity index is 1380. The van der Waals surface area contributed by atoms with E-state index in [1.807, 2.05) is 31.2 Å². The van der Waals surface area contributed by atoms with E-state index in [-0.39, 0.29) is 11.5 Å². The molecule has 35 heavy (non-hydrogen) atoms. The Morgan fingerprint density at radius 3 is 2.63 bits per heavy atom. The number of nitrogens with zero attached hydrogens (tertiary/aromatic N) is 4. The van der Waals surface area contributed by atoms with Gasteiger partial charge < -0.3 is 14.6 Å². The number of benzene rings is 2. The minimum Gasteiger partial charge on any atom is -0.469 e. The van der Waals surface area contributed by atoms with Crippen molar-refractivity contribution < 1.29 is 9.53 Å². The first-order chi connectivity index (χ1) is 16.9. The highest BCUT2D eigenvalue weighted by molar-refractivity contribution is 5.77. The Kier molecular flexibility index (Phi) is 7.41. The van der Waals surface area contributed by atoms with Gasteiger partial charge in [0.15, 0.2) is 11.2 Å². The zero-order chi connectivity index (χ0) is 24.9. The molecule has 0 bridgehead atoms. The number of hydrogen-bond donors (Lipinski definition) is 1. The minimum absolute atomic E-state index is 0.206. The van der Waals surface area contributed by atoms with Crippen LogP contribution in [0.3, 0.4) is 0 Å². The van der Waals surface area contributed by atoms with Crippen molar-refractivity contribution in [2.75, 3.05) is 31.6 Å². The average molecular weight is 474 g/mol. The normalized spacial score (nSPS) is 12.2. The molecule has 0 saturated carbocycles. The molecule has 1 aliphatic heterocycles. The second-order valence-corrected chi connectivity index (χ2v) is 8.81. The summed E-state index contributed by atoms with van der Waals surface area (Å²) in [4.78, 5) is 40.6. The molecule has 0 radical (unpaired) electrons. The zero-order valence-corrected chi connectivity index (χ0v) is 20.5. The third-order valence-corrected chi connectivity index (χ3v) is 6.27. The summed E-state index contributed by atoms with van der Waals surface area (Å²) in [7, 11) is 1.41. The molecule has 8 nitrogen and oxygen atoms in total. The molecule has 1 aliphatic rings. The predicted molar refractivity (Wildman–Crippen MR) is 137 cm³/mol. The smallest absolute Gasteiger partial charge is 0.305 e. The van der Waals surface area contributed by atoms with Crippen LogP contribution in [0.15, 0.2) is 52.3 Å². The van der Waals surface area contributed by atoms with Crippen LogP contribution in [0.1, 0.15) is 29.5 Å². The van der Waals surface area contributed by atoms with Gasteiger partial charge in [0.1, 0.15) is 5.48 Å². The van der Waals surface area contributed by atoms with Crippen LogP contribution in [0.5, 0.6) is 0 Å². The lowest BCUT2D eigenvalue weighted by Gasteiger charge is -2.31. The topological polar surface area (TPSA) is 90.9 Å². The molecule has 182 valence electrons. The Morgan fingerprint density at radius 1 is 1.14 bits per heavy atom. The SMILES string of the molecule is C=c1nc2c(c(=O)[nH]1)=Nc1cc(C)c(C)cc1N2CCN(CCCC(=O)OC)Cc1ccccc1. The molecule has 0 saturated heterocycles.